The van der Waals surface area contributed by atoms with Crippen molar-refractivity contribution in [2.45, 2.75) is 19.8 Å². The first-order valence-corrected chi connectivity index (χ1v) is 6.85. The van der Waals surface area contributed by atoms with E-state index in [1.54, 1.807) is 7.05 Å². The molecule has 19 heavy (non-hydrogen) atoms. The second-order valence-corrected chi connectivity index (χ2v) is 4.39. The van der Waals surface area contributed by atoms with E-state index in [0.29, 0.717) is 12.5 Å². The van der Waals surface area contributed by atoms with Gasteiger partial charge in [0.2, 0.25) is 0 Å². The molecule has 0 fully saturated rings. The van der Waals surface area contributed by atoms with Crippen LogP contribution in [0.4, 0.5) is 0 Å². The second kappa shape index (κ2) is 9.39. The summed E-state index contributed by atoms with van der Waals surface area (Å²) in [7, 11) is 1.78. The van der Waals surface area contributed by atoms with Crippen LogP contribution in [0.3, 0.4) is 0 Å². The highest BCUT2D eigenvalue weighted by molar-refractivity contribution is 5.79. The fourth-order valence-corrected chi connectivity index (χ4v) is 1.76. The van der Waals surface area contributed by atoms with Gasteiger partial charge in [-0.15, -0.1) is 0 Å². The van der Waals surface area contributed by atoms with Gasteiger partial charge in [-0.3, -0.25) is 4.99 Å². The summed E-state index contributed by atoms with van der Waals surface area (Å²) in [4.78, 5) is 4.19. The minimum absolute atomic E-state index is 0.451. The van der Waals surface area contributed by atoms with Crippen molar-refractivity contribution in [3.05, 3.63) is 35.9 Å². The number of aliphatic imine (C=N–C) groups is 1. The van der Waals surface area contributed by atoms with Gasteiger partial charge in [0.05, 0.1) is 6.61 Å². The third-order valence-electron chi connectivity index (χ3n) is 2.91. The molecule has 0 aliphatic rings. The highest BCUT2D eigenvalue weighted by Gasteiger charge is 2.05. The molecule has 4 nitrogen and oxygen atoms in total. The highest BCUT2D eigenvalue weighted by Crippen LogP contribution is 2.12. The molecule has 1 unspecified atom stereocenters. The van der Waals surface area contributed by atoms with E-state index < -0.39 is 0 Å². The van der Waals surface area contributed by atoms with Crippen LogP contribution in [0.25, 0.3) is 0 Å². The molecule has 0 aliphatic heterocycles. The molecule has 0 saturated carbocycles. The van der Waals surface area contributed by atoms with Crippen molar-refractivity contribution < 1.29 is 4.74 Å². The lowest BCUT2D eigenvalue weighted by Gasteiger charge is -2.16. The molecule has 2 N–H and O–H groups in total. The molecule has 1 rings (SSSR count). The number of rotatable bonds is 7. The molecule has 0 radical (unpaired) electrons. The molecule has 0 aromatic heterocycles. The predicted octanol–water partition coefficient (Wildman–Crippen LogP) is 1.99. The monoisotopic (exact) mass is 263 g/mol. The van der Waals surface area contributed by atoms with Crippen molar-refractivity contribution in [1.29, 1.82) is 0 Å². The number of nitrogens with zero attached hydrogens (tertiary/aromatic N) is 1. The fourth-order valence-electron chi connectivity index (χ4n) is 1.76. The van der Waals surface area contributed by atoms with E-state index in [1.165, 1.54) is 5.56 Å². The summed E-state index contributed by atoms with van der Waals surface area (Å²) in [5.74, 6) is 1.27. The van der Waals surface area contributed by atoms with Gasteiger partial charge in [0.1, 0.15) is 0 Å². The molecule has 0 spiro atoms. The molecule has 0 saturated heterocycles. The molecule has 106 valence electrons. The topological polar surface area (TPSA) is 45.6 Å². The quantitative estimate of drug-likeness (QED) is 0.449. The van der Waals surface area contributed by atoms with Crippen LogP contribution in [0.1, 0.15) is 25.3 Å². The number of guanidine groups is 1. The second-order valence-electron chi connectivity index (χ2n) is 4.39. The minimum atomic E-state index is 0.451. The van der Waals surface area contributed by atoms with Gasteiger partial charge in [-0.25, -0.2) is 0 Å². The summed E-state index contributed by atoms with van der Waals surface area (Å²) in [6.45, 7) is 7.28. The van der Waals surface area contributed by atoms with Crippen LogP contribution in [-0.4, -0.2) is 39.3 Å². The van der Waals surface area contributed by atoms with E-state index >= 15 is 0 Å². The zero-order valence-corrected chi connectivity index (χ0v) is 12.1. The average Bonchev–Trinajstić information content (AvgIpc) is 2.47. The largest absolute Gasteiger partial charge is 0.380 e. The van der Waals surface area contributed by atoms with E-state index in [4.69, 9.17) is 4.74 Å². The number of hydrogen-bond acceptors (Lipinski definition) is 2. The van der Waals surface area contributed by atoms with Crippen LogP contribution >= 0.6 is 0 Å². The van der Waals surface area contributed by atoms with E-state index in [1.807, 2.05) is 13.0 Å². The third-order valence-corrected chi connectivity index (χ3v) is 2.91. The lowest BCUT2D eigenvalue weighted by atomic mass is 10.0. The Morgan fingerprint density at radius 3 is 2.63 bits per heavy atom. The molecular weight excluding hydrogens is 238 g/mol. The summed E-state index contributed by atoms with van der Waals surface area (Å²) < 4.78 is 5.28. The standard InChI is InChI=1S/C15H25N3O/c1-4-19-11-10-17-15(16-3)18-12-13(2)14-8-6-5-7-9-14/h5-9,13H,4,10-12H2,1-3H3,(H2,16,17,18). The summed E-state index contributed by atoms with van der Waals surface area (Å²) in [5.41, 5.74) is 1.33. The first-order valence-electron chi connectivity index (χ1n) is 6.85. The summed E-state index contributed by atoms with van der Waals surface area (Å²) in [5, 5.41) is 6.55. The Morgan fingerprint density at radius 1 is 1.26 bits per heavy atom. The smallest absolute Gasteiger partial charge is 0.191 e. The van der Waals surface area contributed by atoms with Gasteiger partial charge >= 0.3 is 0 Å². The van der Waals surface area contributed by atoms with Gasteiger partial charge in [-0.1, -0.05) is 37.3 Å². The van der Waals surface area contributed by atoms with Crippen molar-refractivity contribution in [2.24, 2.45) is 4.99 Å². The first kappa shape index (κ1) is 15.5. The van der Waals surface area contributed by atoms with Crippen LogP contribution in [-0.2, 0) is 4.74 Å². The molecule has 1 atom stereocenters. The van der Waals surface area contributed by atoms with Gasteiger partial charge in [-0.05, 0) is 18.4 Å². The van der Waals surface area contributed by atoms with Crippen LogP contribution in [0.15, 0.2) is 35.3 Å². The Labute approximate surface area is 116 Å². The average molecular weight is 263 g/mol. The molecule has 0 amide bonds. The Hall–Kier alpha value is -1.55. The SMILES string of the molecule is CCOCCNC(=NC)NCC(C)c1ccccc1. The molecule has 4 heteroatoms. The van der Waals surface area contributed by atoms with Gasteiger partial charge < -0.3 is 15.4 Å². The van der Waals surface area contributed by atoms with Gasteiger partial charge in [0.25, 0.3) is 0 Å². The van der Waals surface area contributed by atoms with E-state index in [2.05, 4.69) is 46.8 Å². The van der Waals surface area contributed by atoms with Crippen LogP contribution < -0.4 is 10.6 Å². The normalized spacial score (nSPS) is 13.1. The van der Waals surface area contributed by atoms with Crippen molar-refractivity contribution in [3.8, 4) is 0 Å². The van der Waals surface area contributed by atoms with Crippen LogP contribution in [0, 0.1) is 0 Å². The maximum atomic E-state index is 5.28. The molecule has 0 bridgehead atoms. The van der Waals surface area contributed by atoms with Crippen molar-refractivity contribution in [1.82, 2.24) is 10.6 Å². The Balaban J connectivity index is 2.29. The lowest BCUT2D eigenvalue weighted by molar-refractivity contribution is 0.152. The van der Waals surface area contributed by atoms with E-state index in [0.717, 1.165) is 25.7 Å². The van der Waals surface area contributed by atoms with Gasteiger partial charge in [-0.2, -0.15) is 0 Å². The van der Waals surface area contributed by atoms with Gasteiger partial charge in [0, 0.05) is 26.7 Å². The Kier molecular flexibility index (Phi) is 7.66. The molecule has 0 heterocycles. The zero-order valence-electron chi connectivity index (χ0n) is 12.1. The maximum Gasteiger partial charge on any atom is 0.191 e. The Bertz CT molecular complexity index is 365. The molecular formula is C15H25N3O. The van der Waals surface area contributed by atoms with Crippen molar-refractivity contribution in [3.63, 3.8) is 0 Å². The molecule has 1 aromatic carbocycles. The number of benzene rings is 1. The Morgan fingerprint density at radius 2 is 2.00 bits per heavy atom. The highest BCUT2D eigenvalue weighted by atomic mass is 16.5. The van der Waals surface area contributed by atoms with Crippen LogP contribution in [0.5, 0.6) is 0 Å². The maximum absolute atomic E-state index is 5.28. The minimum Gasteiger partial charge on any atom is -0.380 e. The first-order chi connectivity index (χ1) is 9.27. The number of nitrogens with one attached hydrogen (secondary N) is 2. The van der Waals surface area contributed by atoms with Crippen molar-refractivity contribution >= 4 is 5.96 Å². The molecule has 0 aliphatic carbocycles. The van der Waals surface area contributed by atoms with E-state index in [9.17, 15) is 0 Å². The van der Waals surface area contributed by atoms with Crippen LogP contribution in [0.2, 0.25) is 0 Å². The van der Waals surface area contributed by atoms with Gasteiger partial charge in [0.15, 0.2) is 5.96 Å². The number of hydrogen-bond donors (Lipinski definition) is 2. The fraction of sp³-hybridized carbons (Fsp3) is 0.533. The zero-order chi connectivity index (χ0) is 13.9. The van der Waals surface area contributed by atoms with E-state index in [-0.39, 0.29) is 0 Å². The predicted molar refractivity (Wildman–Crippen MR) is 80.7 cm³/mol. The molecule has 1 aromatic rings. The van der Waals surface area contributed by atoms with Crippen molar-refractivity contribution in [2.75, 3.05) is 33.4 Å². The summed E-state index contributed by atoms with van der Waals surface area (Å²) in [6.07, 6.45) is 0. The summed E-state index contributed by atoms with van der Waals surface area (Å²) in [6, 6.07) is 10.5. The summed E-state index contributed by atoms with van der Waals surface area (Å²) >= 11 is 0. The number of ether oxygens (including phenoxy) is 1. The third kappa shape index (κ3) is 6.25. The lowest BCUT2D eigenvalue weighted by Crippen LogP contribution is -2.40.